The molecule has 24 heavy (non-hydrogen) atoms. The average Bonchev–Trinajstić information content (AvgIpc) is 3.13. The summed E-state index contributed by atoms with van der Waals surface area (Å²) in [5, 5.41) is 4.96. The van der Waals surface area contributed by atoms with E-state index in [1.165, 1.54) is 15.3 Å². The van der Waals surface area contributed by atoms with E-state index in [9.17, 15) is 9.59 Å². The predicted octanol–water partition coefficient (Wildman–Crippen LogP) is 3.42. The van der Waals surface area contributed by atoms with Crippen molar-refractivity contribution < 1.29 is 9.59 Å². The van der Waals surface area contributed by atoms with E-state index in [2.05, 4.69) is 23.7 Å². The highest BCUT2D eigenvalue weighted by Gasteiger charge is 2.34. The molecule has 1 aliphatic heterocycles. The molecule has 1 unspecified atom stereocenters. The second-order valence-corrected chi connectivity index (χ2v) is 7.03. The van der Waals surface area contributed by atoms with Gasteiger partial charge in [0, 0.05) is 31.2 Å². The topological polar surface area (TPSA) is 52.7 Å². The van der Waals surface area contributed by atoms with Crippen molar-refractivity contribution in [2.75, 3.05) is 26.0 Å². The SMILES string of the molecule is Cc1ccsc1-c1cccc(NC(=O)N(C)C2CCN(C)C2=O)c1. The molecule has 0 bridgehead atoms. The molecular weight excluding hydrogens is 322 g/mol. The van der Waals surface area contributed by atoms with E-state index in [-0.39, 0.29) is 18.0 Å². The lowest BCUT2D eigenvalue weighted by Crippen LogP contribution is -2.44. The molecule has 1 aromatic heterocycles. The molecule has 6 heteroatoms. The van der Waals surface area contributed by atoms with Gasteiger partial charge < -0.3 is 15.1 Å². The molecule has 1 aromatic carbocycles. The third-order valence-corrected chi connectivity index (χ3v) is 5.49. The first-order valence-corrected chi connectivity index (χ1v) is 8.78. The Morgan fingerprint density at radius 2 is 2.17 bits per heavy atom. The number of urea groups is 1. The summed E-state index contributed by atoms with van der Waals surface area (Å²) >= 11 is 1.68. The normalized spacial score (nSPS) is 17.2. The van der Waals surface area contributed by atoms with Crippen molar-refractivity contribution in [1.82, 2.24) is 9.80 Å². The summed E-state index contributed by atoms with van der Waals surface area (Å²) in [7, 11) is 3.44. The molecule has 0 saturated carbocycles. The number of benzene rings is 1. The first-order valence-electron chi connectivity index (χ1n) is 7.90. The highest BCUT2D eigenvalue weighted by molar-refractivity contribution is 7.13. The largest absolute Gasteiger partial charge is 0.344 e. The van der Waals surface area contributed by atoms with Crippen molar-refractivity contribution in [3.05, 3.63) is 41.3 Å². The quantitative estimate of drug-likeness (QED) is 0.928. The van der Waals surface area contributed by atoms with E-state index in [4.69, 9.17) is 0 Å². The first-order chi connectivity index (χ1) is 11.5. The first kappa shape index (κ1) is 16.5. The summed E-state index contributed by atoms with van der Waals surface area (Å²) in [5.74, 6) is -0.00406. The number of rotatable bonds is 3. The molecule has 3 amide bonds. The second kappa shape index (κ2) is 6.65. The lowest BCUT2D eigenvalue weighted by molar-refractivity contribution is -0.129. The van der Waals surface area contributed by atoms with Crippen LogP contribution in [0.5, 0.6) is 0 Å². The van der Waals surface area contributed by atoms with Crippen LogP contribution in [0.25, 0.3) is 10.4 Å². The summed E-state index contributed by atoms with van der Waals surface area (Å²) in [4.78, 5) is 28.9. The molecule has 2 heterocycles. The van der Waals surface area contributed by atoms with Crippen LogP contribution < -0.4 is 5.32 Å². The predicted molar refractivity (Wildman–Crippen MR) is 97.3 cm³/mol. The number of amides is 3. The number of hydrogen-bond donors (Lipinski definition) is 1. The van der Waals surface area contributed by atoms with Crippen molar-refractivity contribution in [3.8, 4) is 10.4 Å². The van der Waals surface area contributed by atoms with Crippen LogP contribution in [0.1, 0.15) is 12.0 Å². The van der Waals surface area contributed by atoms with Crippen LogP contribution >= 0.6 is 11.3 Å². The summed E-state index contributed by atoms with van der Waals surface area (Å²) in [5.41, 5.74) is 3.04. The third-order valence-electron chi connectivity index (χ3n) is 4.43. The molecule has 5 nitrogen and oxygen atoms in total. The maximum atomic E-state index is 12.5. The van der Waals surface area contributed by atoms with Crippen LogP contribution in [0.4, 0.5) is 10.5 Å². The molecule has 0 spiro atoms. The van der Waals surface area contributed by atoms with Gasteiger partial charge in [-0.2, -0.15) is 0 Å². The van der Waals surface area contributed by atoms with E-state index in [1.807, 2.05) is 24.3 Å². The zero-order chi connectivity index (χ0) is 17.3. The number of carbonyl (C=O) groups excluding carboxylic acids is 2. The van der Waals surface area contributed by atoms with Gasteiger partial charge in [0.15, 0.2) is 0 Å². The van der Waals surface area contributed by atoms with Gasteiger partial charge in [-0.15, -0.1) is 11.3 Å². The molecule has 1 aliphatic rings. The summed E-state index contributed by atoms with van der Waals surface area (Å²) < 4.78 is 0. The number of hydrogen-bond acceptors (Lipinski definition) is 3. The fourth-order valence-corrected chi connectivity index (χ4v) is 3.85. The van der Waals surface area contributed by atoms with Crippen molar-refractivity contribution in [2.24, 2.45) is 0 Å². The van der Waals surface area contributed by atoms with E-state index in [0.717, 1.165) is 11.3 Å². The molecule has 2 aromatic rings. The van der Waals surface area contributed by atoms with Crippen LogP contribution in [0.15, 0.2) is 35.7 Å². The monoisotopic (exact) mass is 343 g/mol. The standard InChI is InChI=1S/C18H21N3O2S/c1-12-8-10-24-16(12)13-5-4-6-14(11-13)19-18(23)21(3)15-7-9-20(2)17(15)22/h4-6,8,10-11,15H,7,9H2,1-3H3,(H,19,23). The third kappa shape index (κ3) is 3.14. The molecule has 0 aliphatic carbocycles. The van der Waals surface area contributed by atoms with Crippen LogP contribution in [0.3, 0.4) is 0 Å². The number of nitrogens with one attached hydrogen (secondary N) is 1. The Kier molecular flexibility index (Phi) is 4.57. The maximum absolute atomic E-state index is 12.5. The summed E-state index contributed by atoms with van der Waals surface area (Å²) in [6.07, 6.45) is 0.674. The minimum atomic E-state index is -0.377. The van der Waals surface area contributed by atoms with Crippen molar-refractivity contribution in [2.45, 2.75) is 19.4 Å². The highest BCUT2D eigenvalue weighted by Crippen LogP contribution is 2.30. The van der Waals surface area contributed by atoms with Gasteiger partial charge in [-0.1, -0.05) is 12.1 Å². The van der Waals surface area contributed by atoms with Crippen molar-refractivity contribution in [3.63, 3.8) is 0 Å². The van der Waals surface area contributed by atoms with Gasteiger partial charge in [-0.25, -0.2) is 4.79 Å². The van der Waals surface area contributed by atoms with Gasteiger partial charge in [-0.05, 0) is 48.1 Å². The molecule has 1 N–H and O–H groups in total. The van der Waals surface area contributed by atoms with Crippen molar-refractivity contribution in [1.29, 1.82) is 0 Å². The van der Waals surface area contributed by atoms with Crippen LogP contribution in [-0.4, -0.2) is 48.4 Å². The molecule has 1 saturated heterocycles. The molecule has 1 atom stereocenters. The Morgan fingerprint density at radius 3 is 2.79 bits per heavy atom. The molecule has 3 rings (SSSR count). The number of likely N-dealkylation sites (N-methyl/N-ethyl adjacent to an activating group) is 2. The van der Waals surface area contributed by atoms with E-state index >= 15 is 0 Å². The van der Waals surface area contributed by atoms with Gasteiger partial charge in [-0.3, -0.25) is 4.79 Å². The lowest BCUT2D eigenvalue weighted by atomic mass is 10.1. The number of aryl methyl sites for hydroxylation is 1. The Balaban J connectivity index is 1.73. The molecular formula is C18H21N3O2S. The smallest absolute Gasteiger partial charge is 0.322 e. The fraction of sp³-hybridized carbons (Fsp3) is 0.333. The Labute approximate surface area is 145 Å². The number of nitrogens with zero attached hydrogens (tertiary/aromatic N) is 2. The van der Waals surface area contributed by atoms with Gasteiger partial charge in [0.05, 0.1) is 0 Å². The van der Waals surface area contributed by atoms with Crippen LogP contribution in [0, 0.1) is 6.92 Å². The van der Waals surface area contributed by atoms with Gasteiger partial charge in [0.1, 0.15) is 6.04 Å². The number of anilines is 1. The Morgan fingerprint density at radius 1 is 1.38 bits per heavy atom. The Hall–Kier alpha value is -2.34. The molecule has 1 fully saturated rings. The molecule has 0 radical (unpaired) electrons. The zero-order valence-corrected chi connectivity index (χ0v) is 14.9. The van der Waals surface area contributed by atoms with E-state index < -0.39 is 0 Å². The van der Waals surface area contributed by atoms with Crippen LogP contribution in [0.2, 0.25) is 0 Å². The minimum absolute atomic E-state index is 0.00406. The zero-order valence-electron chi connectivity index (χ0n) is 14.1. The van der Waals surface area contributed by atoms with E-state index in [1.54, 1.807) is 30.3 Å². The Bertz CT molecular complexity index is 771. The lowest BCUT2D eigenvalue weighted by Gasteiger charge is -2.23. The van der Waals surface area contributed by atoms with Gasteiger partial charge >= 0.3 is 6.03 Å². The number of carbonyl (C=O) groups is 2. The van der Waals surface area contributed by atoms with Crippen LogP contribution in [-0.2, 0) is 4.79 Å². The summed E-state index contributed by atoms with van der Waals surface area (Å²) in [6.45, 7) is 2.77. The maximum Gasteiger partial charge on any atom is 0.322 e. The summed E-state index contributed by atoms with van der Waals surface area (Å²) in [6, 6.07) is 9.24. The minimum Gasteiger partial charge on any atom is -0.344 e. The fourth-order valence-electron chi connectivity index (χ4n) is 2.92. The van der Waals surface area contributed by atoms with Crippen molar-refractivity contribution >= 4 is 29.0 Å². The highest BCUT2D eigenvalue weighted by atomic mass is 32.1. The second-order valence-electron chi connectivity index (χ2n) is 6.12. The van der Waals surface area contributed by atoms with E-state index in [0.29, 0.717) is 13.0 Å². The number of thiophene rings is 1. The van der Waals surface area contributed by atoms with Gasteiger partial charge in [0.2, 0.25) is 5.91 Å². The average molecular weight is 343 g/mol. The number of likely N-dealkylation sites (tertiary alicyclic amines) is 1. The molecule has 126 valence electrons. The van der Waals surface area contributed by atoms with Gasteiger partial charge in [0.25, 0.3) is 0 Å².